The van der Waals surface area contributed by atoms with Gasteiger partial charge in [-0.3, -0.25) is 4.90 Å². The Bertz CT molecular complexity index is 1330. The molecule has 5 nitrogen and oxygen atoms in total. The third-order valence-corrected chi connectivity index (χ3v) is 8.77. The van der Waals surface area contributed by atoms with Gasteiger partial charge in [0, 0.05) is 38.4 Å². The maximum atomic E-state index is 6.70. The van der Waals surface area contributed by atoms with E-state index in [1.807, 2.05) is 18.2 Å². The number of nitrogens with zero attached hydrogens (tertiary/aromatic N) is 2. The summed E-state index contributed by atoms with van der Waals surface area (Å²) in [7, 11) is 0. The van der Waals surface area contributed by atoms with Gasteiger partial charge in [-0.2, -0.15) is 0 Å². The number of benzene rings is 4. The van der Waals surface area contributed by atoms with Crippen LogP contribution in [0.5, 0.6) is 0 Å². The number of rotatable bonds is 12. The monoisotopic (exact) mass is 576 g/mol. The van der Waals surface area contributed by atoms with Gasteiger partial charge < -0.3 is 19.1 Å². The van der Waals surface area contributed by atoms with E-state index in [1.54, 1.807) is 0 Å². The number of aryl methyl sites for hydroxylation is 1. The second-order valence-electron chi connectivity index (χ2n) is 12.0. The van der Waals surface area contributed by atoms with E-state index in [0.717, 1.165) is 38.3 Å². The standard InChI is InChI=1S/C38H44N2O3/c1-30-13-11-12-20-35(30)40-22-21-34(24-40)23-39-25-36(41-27-31-14-5-2-6-15-31)38(43-29-33-18-9-4-10-19-33)37(26-39)42-28-32-16-7-3-8-17-32/h2-20,34,36-38H,21-29H2,1H3/t34?,36-,37+,38?. The molecule has 0 aliphatic carbocycles. The van der Waals surface area contributed by atoms with Crippen molar-refractivity contribution in [3.8, 4) is 0 Å². The molecule has 0 saturated carbocycles. The minimum absolute atomic E-state index is 0.104. The molecule has 0 amide bonds. The van der Waals surface area contributed by atoms with Gasteiger partial charge in [0.15, 0.2) is 0 Å². The molecule has 0 spiro atoms. The van der Waals surface area contributed by atoms with Crippen molar-refractivity contribution in [1.82, 2.24) is 4.90 Å². The van der Waals surface area contributed by atoms with Gasteiger partial charge in [0.25, 0.3) is 0 Å². The number of ether oxygens (including phenoxy) is 3. The van der Waals surface area contributed by atoms with E-state index in [2.05, 4.69) is 114 Å². The van der Waals surface area contributed by atoms with E-state index in [-0.39, 0.29) is 18.3 Å². The fraction of sp³-hybridized carbons (Fsp3) is 0.368. The lowest BCUT2D eigenvalue weighted by Crippen LogP contribution is -2.58. The lowest BCUT2D eigenvalue weighted by atomic mass is 9.98. The van der Waals surface area contributed by atoms with Crippen LogP contribution in [0, 0.1) is 12.8 Å². The summed E-state index contributed by atoms with van der Waals surface area (Å²) in [5, 5.41) is 0. The van der Waals surface area contributed by atoms with Gasteiger partial charge in [0.1, 0.15) is 6.10 Å². The molecule has 2 heterocycles. The van der Waals surface area contributed by atoms with Crippen molar-refractivity contribution in [1.29, 1.82) is 0 Å². The second-order valence-corrected chi connectivity index (χ2v) is 12.0. The lowest BCUT2D eigenvalue weighted by molar-refractivity contribution is -0.185. The highest BCUT2D eigenvalue weighted by atomic mass is 16.6. The first-order chi connectivity index (χ1) is 21.2. The van der Waals surface area contributed by atoms with Crippen LogP contribution in [0.2, 0.25) is 0 Å². The smallest absolute Gasteiger partial charge is 0.113 e. The van der Waals surface area contributed by atoms with Crippen LogP contribution in [0.3, 0.4) is 0 Å². The van der Waals surface area contributed by atoms with Gasteiger partial charge in [-0.15, -0.1) is 0 Å². The molecule has 224 valence electrons. The first-order valence-corrected chi connectivity index (χ1v) is 15.7. The third kappa shape index (κ3) is 8.12. The minimum Gasteiger partial charge on any atom is -0.371 e. The summed E-state index contributed by atoms with van der Waals surface area (Å²) in [4.78, 5) is 5.13. The Morgan fingerprint density at radius 3 is 1.60 bits per heavy atom. The molecule has 2 unspecified atom stereocenters. The van der Waals surface area contributed by atoms with Crippen molar-refractivity contribution in [2.24, 2.45) is 5.92 Å². The zero-order valence-corrected chi connectivity index (χ0v) is 25.3. The summed E-state index contributed by atoms with van der Waals surface area (Å²) in [6.07, 6.45) is 0.819. The molecule has 0 aromatic heterocycles. The number of para-hydroxylation sites is 1. The van der Waals surface area contributed by atoms with Crippen molar-refractivity contribution in [2.75, 3.05) is 37.6 Å². The van der Waals surface area contributed by atoms with Gasteiger partial charge in [-0.25, -0.2) is 0 Å². The van der Waals surface area contributed by atoms with Gasteiger partial charge in [-0.1, -0.05) is 109 Å². The number of hydrogen-bond donors (Lipinski definition) is 0. The highest BCUT2D eigenvalue weighted by molar-refractivity contribution is 5.53. The van der Waals surface area contributed by atoms with Crippen molar-refractivity contribution in [3.63, 3.8) is 0 Å². The van der Waals surface area contributed by atoms with Crippen LogP contribution in [0.15, 0.2) is 115 Å². The average molecular weight is 577 g/mol. The van der Waals surface area contributed by atoms with Crippen LogP contribution >= 0.6 is 0 Å². The van der Waals surface area contributed by atoms with Crippen LogP contribution < -0.4 is 4.90 Å². The van der Waals surface area contributed by atoms with Crippen molar-refractivity contribution in [3.05, 3.63) is 138 Å². The summed E-state index contributed by atoms with van der Waals surface area (Å²) < 4.78 is 20.1. The molecule has 2 aliphatic rings. The predicted molar refractivity (Wildman–Crippen MR) is 173 cm³/mol. The molecule has 5 heteroatoms. The molecule has 43 heavy (non-hydrogen) atoms. The molecular weight excluding hydrogens is 532 g/mol. The Labute approximate surface area is 257 Å². The molecule has 0 radical (unpaired) electrons. The maximum Gasteiger partial charge on any atom is 0.113 e. The van der Waals surface area contributed by atoms with E-state index in [9.17, 15) is 0 Å². The molecule has 0 N–H and O–H groups in total. The molecule has 0 bridgehead atoms. The number of piperidine rings is 1. The van der Waals surface area contributed by atoms with Gasteiger partial charge >= 0.3 is 0 Å². The molecule has 4 aromatic rings. The summed E-state index contributed by atoms with van der Waals surface area (Å²) >= 11 is 0. The Hall–Kier alpha value is -3.48. The maximum absolute atomic E-state index is 6.70. The van der Waals surface area contributed by atoms with Crippen LogP contribution in [0.25, 0.3) is 0 Å². The van der Waals surface area contributed by atoms with E-state index >= 15 is 0 Å². The summed E-state index contributed by atoms with van der Waals surface area (Å²) in [5.41, 5.74) is 6.23. The van der Waals surface area contributed by atoms with Crippen molar-refractivity contribution in [2.45, 2.75) is 51.5 Å². The van der Waals surface area contributed by atoms with E-state index in [0.29, 0.717) is 25.7 Å². The fourth-order valence-corrected chi connectivity index (χ4v) is 6.50. The SMILES string of the molecule is Cc1ccccc1N1CCC(CN2C[C@H](OCc3ccccc3)C(OCc3ccccc3)[C@H](OCc3ccccc3)C2)C1. The van der Waals surface area contributed by atoms with Crippen molar-refractivity contribution >= 4 is 5.69 Å². The Kier molecular flexibility index (Phi) is 10.2. The largest absolute Gasteiger partial charge is 0.371 e. The lowest BCUT2D eigenvalue weighted by Gasteiger charge is -2.44. The minimum atomic E-state index is -0.170. The summed E-state index contributed by atoms with van der Waals surface area (Å²) in [6, 6.07) is 40.1. The molecule has 2 fully saturated rings. The number of hydrogen-bond acceptors (Lipinski definition) is 5. The van der Waals surface area contributed by atoms with Crippen LogP contribution in [0.4, 0.5) is 5.69 Å². The molecule has 2 saturated heterocycles. The van der Waals surface area contributed by atoms with Gasteiger partial charge in [0.2, 0.25) is 0 Å². The molecule has 4 aromatic carbocycles. The molecule has 4 atom stereocenters. The van der Waals surface area contributed by atoms with Crippen LogP contribution in [-0.2, 0) is 34.0 Å². The molecule has 6 rings (SSSR count). The highest BCUT2D eigenvalue weighted by Gasteiger charge is 2.40. The predicted octanol–water partition coefficient (Wildman–Crippen LogP) is 6.89. The Morgan fingerprint density at radius 1 is 0.581 bits per heavy atom. The van der Waals surface area contributed by atoms with Crippen LogP contribution in [0.1, 0.15) is 28.7 Å². The normalized spacial score (nSPS) is 22.6. The van der Waals surface area contributed by atoms with Crippen LogP contribution in [-0.4, -0.2) is 55.9 Å². The van der Waals surface area contributed by atoms with E-state index < -0.39 is 0 Å². The van der Waals surface area contributed by atoms with E-state index in [1.165, 1.54) is 28.8 Å². The number of anilines is 1. The Balaban J connectivity index is 1.18. The van der Waals surface area contributed by atoms with E-state index in [4.69, 9.17) is 14.2 Å². The fourth-order valence-electron chi connectivity index (χ4n) is 6.50. The topological polar surface area (TPSA) is 34.2 Å². The Morgan fingerprint density at radius 2 is 1.07 bits per heavy atom. The third-order valence-electron chi connectivity index (χ3n) is 8.77. The quantitative estimate of drug-likeness (QED) is 0.183. The van der Waals surface area contributed by atoms with Crippen molar-refractivity contribution < 1.29 is 14.2 Å². The number of likely N-dealkylation sites (tertiary alicyclic amines) is 1. The zero-order chi connectivity index (χ0) is 29.3. The van der Waals surface area contributed by atoms with Gasteiger partial charge in [-0.05, 0) is 47.6 Å². The van der Waals surface area contributed by atoms with Gasteiger partial charge in [0.05, 0.1) is 32.0 Å². The first-order valence-electron chi connectivity index (χ1n) is 15.7. The first kappa shape index (κ1) is 29.6. The summed E-state index contributed by atoms with van der Waals surface area (Å²) in [5.74, 6) is 0.603. The zero-order valence-electron chi connectivity index (χ0n) is 25.3. The second kappa shape index (κ2) is 14.8. The molecular formula is C38H44N2O3. The summed E-state index contributed by atoms with van der Waals surface area (Å²) in [6.45, 7) is 8.75. The highest BCUT2D eigenvalue weighted by Crippen LogP contribution is 2.29. The average Bonchev–Trinajstić information content (AvgIpc) is 3.52. The molecule has 2 aliphatic heterocycles.